The first kappa shape index (κ1) is 21.5. The van der Waals surface area contributed by atoms with Gasteiger partial charge < -0.3 is 19.6 Å². The van der Waals surface area contributed by atoms with Crippen molar-refractivity contribution >= 4 is 23.6 Å². The molecule has 0 aromatic heterocycles. The van der Waals surface area contributed by atoms with Gasteiger partial charge >= 0.3 is 6.09 Å². The number of amides is 2. The SMILES string of the molecule is CN(CC1CCC(C(=O)N(C)CCCO)CC1)C(=O)Oc1ccc(Cl)cc1. The molecular formula is C20H29ClN2O4. The number of benzene rings is 1. The van der Waals surface area contributed by atoms with Crippen LogP contribution in [0, 0.1) is 11.8 Å². The molecule has 1 aromatic rings. The van der Waals surface area contributed by atoms with E-state index in [9.17, 15) is 9.59 Å². The Kier molecular flexibility index (Phi) is 8.38. The monoisotopic (exact) mass is 396 g/mol. The van der Waals surface area contributed by atoms with Crippen molar-refractivity contribution in [2.75, 3.05) is 33.8 Å². The van der Waals surface area contributed by atoms with E-state index in [1.165, 1.54) is 0 Å². The highest BCUT2D eigenvalue weighted by Crippen LogP contribution is 2.30. The molecule has 1 fully saturated rings. The second-order valence-corrected chi connectivity index (χ2v) is 7.69. The van der Waals surface area contributed by atoms with Crippen LogP contribution in [0.3, 0.4) is 0 Å². The zero-order valence-corrected chi connectivity index (χ0v) is 16.8. The van der Waals surface area contributed by atoms with E-state index in [1.54, 1.807) is 48.2 Å². The smallest absolute Gasteiger partial charge is 0.410 e. The maximum atomic E-state index is 12.4. The number of hydrogen-bond donors (Lipinski definition) is 1. The first-order valence-electron chi connectivity index (χ1n) is 9.45. The average Bonchev–Trinajstić information content (AvgIpc) is 2.67. The van der Waals surface area contributed by atoms with Crippen molar-refractivity contribution < 1.29 is 19.4 Å². The maximum absolute atomic E-state index is 12.4. The number of ether oxygens (including phenoxy) is 1. The molecule has 0 radical (unpaired) electrons. The molecule has 0 unspecified atom stereocenters. The second-order valence-electron chi connectivity index (χ2n) is 7.26. The summed E-state index contributed by atoms with van der Waals surface area (Å²) in [5.41, 5.74) is 0. The van der Waals surface area contributed by atoms with Crippen LogP contribution >= 0.6 is 11.6 Å². The molecule has 1 saturated carbocycles. The Hall–Kier alpha value is -1.79. The Bertz CT molecular complexity index is 615. The van der Waals surface area contributed by atoms with Crippen molar-refractivity contribution in [2.45, 2.75) is 32.1 Å². The van der Waals surface area contributed by atoms with Crippen LogP contribution in [0.4, 0.5) is 4.79 Å². The first-order valence-corrected chi connectivity index (χ1v) is 9.83. The Labute approximate surface area is 166 Å². The number of carbonyl (C=O) groups is 2. The molecule has 0 heterocycles. The molecule has 7 heteroatoms. The van der Waals surface area contributed by atoms with Crippen molar-refractivity contribution in [3.63, 3.8) is 0 Å². The van der Waals surface area contributed by atoms with Gasteiger partial charge in [0, 0.05) is 44.7 Å². The van der Waals surface area contributed by atoms with Gasteiger partial charge in [-0.1, -0.05) is 11.6 Å². The van der Waals surface area contributed by atoms with Crippen molar-refractivity contribution in [1.82, 2.24) is 9.80 Å². The molecule has 2 amide bonds. The Morgan fingerprint density at radius 3 is 2.33 bits per heavy atom. The molecule has 1 aromatic carbocycles. The summed E-state index contributed by atoms with van der Waals surface area (Å²) in [6.07, 6.45) is 3.74. The van der Waals surface area contributed by atoms with Crippen LogP contribution < -0.4 is 4.74 Å². The van der Waals surface area contributed by atoms with Gasteiger partial charge in [0.25, 0.3) is 0 Å². The van der Waals surface area contributed by atoms with E-state index in [1.807, 2.05) is 0 Å². The molecule has 1 N–H and O–H groups in total. The maximum Gasteiger partial charge on any atom is 0.414 e. The molecule has 0 spiro atoms. The van der Waals surface area contributed by atoms with E-state index in [4.69, 9.17) is 21.4 Å². The van der Waals surface area contributed by atoms with E-state index < -0.39 is 0 Å². The van der Waals surface area contributed by atoms with Gasteiger partial charge in [-0.15, -0.1) is 0 Å². The van der Waals surface area contributed by atoms with Crippen LogP contribution in [0.2, 0.25) is 5.02 Å². The Morgan fingerprint density at radius 1 is 1.11 bits per heavy atom. The summed E-state index contributed by atoms with van der Waals surface area (Å²) in [5, 5.41) is 9.48. The van der Waals surface area contributed by atoms with E-state index in [-0.39, 0.29) is 24.5 Å². The molecule has 0 atom stereocenters. The van der Waals surface area contributed by atoms with Gasteiger partial charge in [0.2, 0.25) is 5.91 Å². The summed E-state index contributed by atoms with van der Waals surface area (Å²) in [6, 6.07) is 6.69. The summed E-state index contributed by atoms with van der Waals surface area (Å²) in [6.45, 7) is 1.31. The Morgan fingerprint density at radius 2 is 1.74 bits per heavy atom. The van der Waals surface area contributed by atoms with Gasteiger partial charge in [-0.05, 0) is 62.3 Å². The second kappa shape index (κ2) is 10.5. The standard InChI is InChI=1S/C20H29ClN2O4/c1-22(12-3-13-24)19(25)16-6-4-15(5-7-16)14-23(2)20(26)27-18-10-8-17(21)9-11-18/h8-11,15-16,24H,3-7,12-14H2,1-2H3. The van der Waals surface area contributed by atoms with E-state index >= 15 is 0 Å². The lowest BCUT2D eigenvalue weighted by Gasteiger charge is -2.32. The van der Waals surface area contributed by atoms with E-state index in [0.29, 0.717) is 36.2 Å². The minimum Gasteiger partial charge on any atom is -0.410 e. The lowest BCUT2D eigenvalue weighted by Crippen LogP contribution is -2.38. The lowest BCUT2D eigenvalue weighted by atomic mass is 9.81. The van der Waals surface area contributed by atoms with Crippen LogP contribution in [0.1, 0.15) is 32.1 Å². The van der Waals surface area contributed by atoms with Crippen LogP contribution in [-0.4, -0.2) is 60.7 Å². The molecule has 1 aliphatic rings. The van der Waals surface area contributed by atoms with Crippen molar-refractivity contribution in [1.29, 1.82) is 0 Å². The molecule has 0 bridgehead atoms. The highest BCUT2D eigenvalue weighted by Gasteiger charge is 2.29. The average molecular weight is 397 g/mol. The fourth-order valence-electron chi connectivity index (χ4n) is 3.46. The molecule has 0 aliphatic heterocycles. The van der Waals surface area contributed by atoms with Crippen LogP contribution in [0.15, 0.2) is 24.3 Å². The van der Waals surface area contributed by atoms with Crippen LogP contribution in [0.5, 0.6) is 5.75 Å². The number of aliphatic hydroxyl groups excluding tert-OH is 1. The quantitative estimate of drug-likeness (QED) is 0.766. The zero-order chi connectivity index (χ0) is 19.8. The predicted molar refractivity (Wildman–Crippen MR) is 105 cm³/mol. The molecule has 150 valence electrons. The summed E-state index contributed by atoms with van der Waals surface area (Å²) in [5.74, 6) is 1.06. The van der Waals surface area contributed by atoms with Crippen LogP contribution in [-0.2, 0) is 4.79 Å². The molecule has 0 saturated heterocycles. The molecule has 27 heavy (non-hydrogen) atoms. The van der Waals surface area contributed by atoms with Crippen molar-refractivity contribution in [3.05, 3.63) is 29.3 Å². The Balaban J connectivity index is 1.75. The number of rotatable bonds is 7. The third kappa shape index (κ3) is 6.70. The van der Waals surface area contributed by atoms with E-state index in [2.05, 4.69) is 0 Å². The topological polar surface area (TPSA) is 70.1 Å². The summed E-state index contributed by atoms with van der Waals surface area (Å²) in [7, 11) is 3.53. The van der Waals surface area contributed by atoms with Crippen molar-refractivity contribution in [2.24, 2.45) is 11.8 Å². The normalized spacial score (nSPS) is 19.4. The summed E-state index contributed by atoms with van der Waals surface area (Å²) < 4.78 is 5.35. The highest BCUT2D eigenvalue weighted by atomic mass is 35.5. The van der Waals surface area contributed by atoms with Gasteiger partial charge in [0.05, 0.1) is 0 Å². The summed E-state index contributed by atoms with van der Waals surface area (Å²) >= 11 is 5.83. The third-order valence-corrected chi connectivity index (χ3v) is 5.34. The van der Waals surface area contributed by atoms with Crippen molar-refractivity contribution in [3.8, 4) is 5.75 Å². The van der Waals surface area contributed by atoms with Gasteiger partial charge in [-0.2, -0.15) is 0 Å². The fraction of sp³-hybridized carbons (Fsp3) is 0.600. The zero-order valence-electron chi connectivity index (χ0n) is 16.1. The molecular weight excluding hydrogens is 368 g/mol. The van der Waals surface area contributed by atoms with Gasteiger partial charge in [0.1, 0.15) is 5.75 Å². The number of hydrogen-bond acceptors (Lipinski definition) is 4. The molecule has 2 rings (SSSR count). The summed E-state index contributed by atoms with van der Waals surface area (Å²) in [4.78, 5) is 28.0. The lowest BCUT2D eigenvalue weighted by molar-refractivity contribution is -0.135. The minimum absolute atomic E-state index is 0.0521. The van der Waals surface area contributed by atoms with Gasteiger partial charge in [-0.3, -0.25) is 4.79 Å². The fourth-order valence-corrected chi connectivity index (χ4v) is 3.59. The number of carbonyl (C=O) groups excluding carboxylic acids is 2. The third-order valence-electron chi connectivity index (χ3n) is 5.09. The minimum atomic E-state index is -0.390. The number of aliphatic hydroxyl groups is 1. The van der Waals surface area contributed by atoms with Gasteiger partial charge in [-0.25, -0.2) is 4.79 Å². The molecule has 1 aliphatic carbocycles. The number of halogens is 1. The van der Waals surface area contributed by atoms with Crippen LogP contribution in [0.25, 0.3) is 0 Å². The molecule has 6 nitrogen and oxygen atoms in total. The highest BCUT2D eigenvalue weighted by molar-refractivity contribution is 6.30. The largest absolute Gasteiger partial charge is 0.414 e. The van der Waals surface area contributed by atoms with E-state index in [0.717, 1.165) is 25.7 Å². The first-order chi connectivity index (χ1) is 12.9. The predicted octanol–water partition coefficient (Wildman–Crippen LogP) is 3.42. The number of nitrogens with zero attached hydrogens (tertiary/aromatic N) is 2. The van der Waals surface area contributed by atoms with Gasteiger partial charge in [0.15, 0.2) is 0 Å².